The van der Waals surface area contributed by atoms with Crippen LogP contribution in [0.3, 0.4) is 0 Å². The summed E-state index contributed by atoms with van der Waals surface area (Å²) < 4.78 is 27.0. The first-order valence-corrected chi connectivity index (χ1v) is 11.5. The third-order valence-electron chi connectivity index (χ3n) is 5.75. The number of piperazine rings is 1. The summed E-state index contributed by atoms with van der Waals surface area (Å²) in [4.78, 5) is 21.8. The maximum absolute atomic E-state index is 12.9. The van der Waals surface area contributed by atoms with E-state index in [1.807, 2.05) is 23.1 Å². The van der Waals surface area contributed by atoms with E-state index in [0.717, 1.165) is 18.9 Å². The molecule has 3 heterocycles. The Hall–Kier alpha value is -2.45. The summed E-state index contributed by atoms with van der Waals surface area (Å²) in [5.74, 6) is 1.00. The van der Waals surface area contributed by atoms with Gasteiger partial charge in [0.1, 0.15) is 5.82 Å². The van der Waals surface area contributed by atoms with E-state index < -0.39 is 10.0 Å². The molecule has 2 aromatic rings. The van der Waals surface area contributed by atoms with Gasteiger partial charge in [0.25, 0.3) is 0 Å². The second kappa shape index (κ2) is 8.51. The van der Waals surface area contributed by atoms with E-state index >= 15 is 0 Å². The van der Waals surface area contributed by atoms with Crippen molar-refractivity contribution >= 4 is 21.7 Å². The van der Waals surface area contributed by atoms with Crippen LogP contribution in [0.1, 0.15) is 12.8 Å². The predicted molar refractivity (Wildman–Crippen MR) is 111 cm³/mol. The lowest BCUT2D eigenvalue weighted by atomic mass is 9.96. The van der Waals surface area contributed by atoms with Crippen molar-refractivity contribution in [2.75, 3.05) is 44.2 Å². The van der Waals surface area contributed by atoms with Gasteiger partial charge in [-0.05, 0) is 37.1 Å². The number of anilines is 1. The Kier molecular flexibility index (Phi) is 5.82. The summed E-state index contributed by atoms with van der Waals surface area (Å²) in [7, 11) is -3.48. The predicted octanol–water partition coefficient (Wildman–Crippen LogP) is 1.83. The average molecular weight is 415 g/mol. The number of rotatable bonds is 4. The zero-order chi connectivity index (χ0) is 20.3. The largest absolute Gasteiger partial charge is 0.353 e. The zero-order valence-corrected chi connectivity index (χ0v) is 17.2. The molecular formula is C21H26N4O3S. The molecular weight excluding hydrogens is 388 g/mol. The fourth-order valence-electron chi connectivity index (χ4n) is 4.04. The molecule has 0 atom stereocenters. The molecule has 2 fully saturated rings. The van der Waals surface area contributed by atoms with Gasteiger partial charge in [0.2, 0.25) is 15.9 Å². The van der Waals surface area contributed by atoms with Crippen LogP contribution in [0.25, 0.3) is 0 Å². The van der Waals surface area contributed by atoms with E-state index in [1.165, 1.54) is 4.31 Å². The van der Waals surface area contributed by atoms with Crippen molar-refractivity contribution in [1.82, 2.24) is 14.2 Å². The molecule has 0 bridgehead atoms. The molecule has 1 aromatic heterocycles. The van der Waals surface area contributed by atoms with Gasteiger partial charge < -0.3 is 9.80 Å². The molecule has 2 saturated heterocycles. The van der Waals surface area contributed by atoms with Gasteiger partial charge in [0.15, 0.2) is 0 Å². The van der Waals surface area contributed by atoms with Crippen molar-refractivity contribution in [3.05, 3.63) is 54.7 Å². The van der Waals surface area contributed by atoms with Crippen LogP contribution in [0.15, 0.2) is 59.6 Å². The highest BCUT2D eigenvalue weighted by Gasteiger charge is 2.34. The van der Waals surface area contributed by atoms with E-state index in [0.29, 0.717) is 43.9 Å². The van der Waals surface area contributed by atoms with E-state index in [1.54, 1.807) is 36.5 Å². The Labute approximate surface area is 172 Å². The van der Waals surface area contributed by atoms with E-state index in [2.05, 4.69) is 9.88 Å². The molecule has 4 rings (SSSR count). The zero-order valence-electron chi connectivity index (χ0n) is 16.4. The number of nitrogens with zero attached hydrogens (tertiary/aromatic N) is 4. The molecule has 0 spiro atoms. The average Bonchev–Trinajstić information content (AvgIpc) is 2.80. The molecule has 7 nitrogen and oxygen atoms in total. The molecule has 8 heteroatoms. The van der Waals surface area contributed by atoms with Gasteiger partial charge in [-0.3, -0.25) is 4.79 Å². The van der Waals surface area contributed by atoms with Gasteiger partial charge in [-0.15, -0.1) is 0 Å². The number of sulfonamides is 1. The molecule has 0 N–H and O–H groups in total. The topological polar surface area (TPSA) is 73.8 Å². The Bertz CT molecular complexity index is 921. The summed E-state index contributed by atoms with van der Waals surface area (Å²) in [6, 6.07) is 14.4. The number of amides is 1. The lowest BCUT2D eigenvalue weighted by molar-refractivity contribution is -0.137. The van der Waals surface area contributed by atoms with E-state index in [4.69, 9.17) is 0 Å². The molecule has 0 unspecified atom stereocenters. The fraction of sp³-hybridized carbons (Fsp3) is 0.429. The van der Waals surface area contributed by atoms with Crippen LogP contribution in [-0.2, 0) is 14.8 Å². The molecule has 0 radical (unpaired) electrons. The first-order chi connectivity index (χ1) is 14.1. The van der Waals surface area contributed by atoms with Gasteiger partial charge in [-0.25, -0.2) is 13.4 Å². The normalized spacial score (nSPS) is 19.3. The van der Waals surface area contributed by atoms with Gasteiger partial charge in [0.05, 0.1) is 4.90 Å². The van der Waals surface area contributed by atoms with Crippen molar-refractivity contribution in [2.45, 2.75) is 17.7 Å². The minimum Gasteiger partial charge on any atom is -0.353 e. The Balaban J connectivity index is 1.31. The number of aromatic nitrogens is 1. The van der Waals surface area contributed by atoms with Crippen molar-refractivity contribution in [3.63, 3.8) is 0 Å². The molecule has 154 valence electrons. The quantitative estimate of drug-likeness (QED) is 0.763. The summed E-state index contributed by atoms with van der Waals surface area (Å²) in [6.07, 6.45) is 2.93. The lowest BCUT2D eigenvalue weighted by Crippen LogP contribution is -2.52. The maximum atomic E-state index is 12.9. The highest BCUT2D eigenvalue weighted by molar-refractivity contribution is 7.89. The number of carbonyl (C=O) groups excluding carboxylic acids is 1. The summed E-state index contributed by atoms with van der Waals surface area (Å²) in [6.45, 7) is 3.67. The molecule has 29 heavy (non-hydrogen) atoms. The Morgan fingerprint density at radius 3 is 2.14 bits per heavy atom. The van der Waals surface area contributed by atoms with Gasteiger partial charge in [-0.1, -0.05) is 24.3 Å². The van der Waals surface area contributed by atoms with Crippen LogP contribution in [0.2, 0.25) is 0 Å². The smallest absolute Gasteiger partial charge is 0.243 e. The minimum absolute atomic E-state index is 0.0985. The molecule has 1 amide bonds. The van der Waals surface area contributed by atoms with Crippen LogP contribution in [-0.4, -0.2) is 67.8 Å². The second-order valence-corrected chi connectivity index (χ2v) is 9.43. The third kappa shape index (κ3) is 4.28. The van der Waals surface area contributed by atoms with Crippen LogP contribution in [0.5, 0.6) is 0 Å². The van der Waals surface area contributed by atoms with Gasteiger partial charge >= 0.3 is 0 Å². The number of pyridine rings is 1. The van der Waals surface area contributed by atoms with Crippen LogP contribution < -0.4 is 4.90 Å². The number of carbonyl (C=O) groups is 1. The second-order valence-electron chi connectivity index (χ2n) is 7.49. The number of benzene rings is 1. The van der Waals surface area contributed by atoms with E-state index in [9.17, 15) is 13.2 Å². The first-order valence-electron chi connectivity index (χ1n) is 10.1. The lowest BCUT2D eigenvalue weighted by Gasteiger charge is -2.38. The van der Waals surface area contributed by atoms with Gasteiger partial charge in [-0.2, -0.15) is 4.31 Å². The van der Waals surface area contributed by atoms with Crippen LogP contribution in [0, 0.1) is 5.92 Å². The van der Waals surface area contributed by atoms with Crippen LogP contribution in [0.4, 0.5) is 5.82 Å². The van der Waals surface area contributed by atoms with Crippen molar-refractivity contribution in [1.29, 1.82) is 0 Å². The summed E-state index contributed by atoms with van der Waals surface area (Å²) in [5.41, 5.74) is 0. The fourth-order valence-corrected chi connectivity index (χ4v) is 5.53. The molecule has 2 aliphatic rings. The maximum Gasteiger partial charge on any atom is 0.243 e. The molecule has 2 aliphatic heterocycles. The monoisotopic (exact) mass is 414 g/mol. The minimum atomic E-state index is -3.48. The number of piperidine rings is 1. The van der Waals surface area contributed by atoms with E-state index in [-0.39, 0.29) is 11.8 Å². The van der Waals surface area contributed by atoms with Crippen LogP contribution >= 0.6 is 0 Å². The van der Waals surface area contributed by atoms with Crippen molar-refractivity contribution in [3.8, 4) is 0 Å². The standard InChI is InChI=1S/C21H26N4O3S/c26-21(24-16-14-23(15-17-24)20-8-4-5-11-22-20)18-9-12-25(13-10-18)29(27,28)19-6-2-1-3-7-19/h1-8,11,18H,9-10,12-17H2. The Morgan fingerprint density at radius 2 is 1.52 bits per heavy atom. The van der Waals surface area contributed by atoms with Gasteiger partial charge in [0, 0.05) is 51.4 Å². The highest BCUT2D eigenvalue weighted by Crippen LogP contribution is 2.25. The molecule has 1 aromatic carbocycles. The Morgan fingerprint density at radius 1 is 0.862 bits per heavy atom. The summed E-state index contributed by atoms with van der Waals surface area (Å²) >= 11 is 0. The first kappa shape index (κ1) is 19.8. The molecule has 0 saturated carbocycles. The summed E-state index contributed by atoms with van der Waals surface area (Å²) in [5, 5.41) is 0. The third-order valence-corrected chi connectivity index (χ3v) is 7.66. The van der Waals surface area contributed by atoms with Crippen molar-refractivity contribution < 1.29 is 13.2 Å². The number of hydrogen-bond donors (Lipinski definition) is 0. The number of hydrogen-bond acceptors (Lipinski definition) is 5. The van der Waals surface area contributed by atoms with Crippen molar-refractivity contribution in [2.24, 2.45) is 5.92 Å². The molecule has 0 aliphatic carbocycles. The SMILES string of the molecule is O=C(C1CCN(S(=O)(=O)c2ccccc2)CC1)N1CCN(c2ccccn2)CC1. The highest BCUT2D eigenvalue weighted by atomic mass is 32.2.